The second-order valence-corrected chi connectivity index (χ2v) is 5.02. The summed E-state index contributed by atoms with van der Waals surface area (Å²) in [6.07, 6.45) is 9.75. The van der Waals surface area contributed by atoms with Crippen molar-refractivity contribution < 1.29 is 4.79 Å². The minimum atomic E-state index is -0.0892. The van der Waals surface area contributed by atoms with E-state index in [0.717, 1.165) is 6.42 Å². The van der Waals surface area contributed by atoms with Crippen molar-refractivity contribution in [3.8, 4) is 0 Å². The number of carbonyl (C=O) groups excluding carboxylic acids is 1. The van der Waals surface area contributed by atoms with Gasteiger partial charge in [-0.1, -0.05) is 11.6 Å². The first-order chi connectivity index (χ1) is 9.16. The molecule has 2 rings (SSSR count). The van der Waals surface area contributed by atoms with E-state index in [1.54, 1.807) is 12.3 Å². The summed E-state index contributed by atoms with van der Waals surface area (Å²) in [7, 11) is 0. The van der Waals surface area contributed by atoms with Crippen molar-refractivity contribution in [2.24, 2.45) is 0 Å². The third-order valence-corrected chi connectivity index (χ3v) is 3.47. The standard InChI is InChI=1S/C15H21N3O/c1-11-14(9-13(16)10-18-11)15(19)17-8-7-12-5-3-2-4-6-12/h5,9-10H,2-4,6-8,16H2,1H3,(H,17,19). The Labute approximate surface area is 114 Å². The Kier molecular flexibility index (Phi) is 4.55. The topological polar surface area (TPSA) is 68.0 Å². The van der Waals surface area contributed by atoms with Gasteiger partial charge in [-0.05, 0) is 45.1 Å². The molecule has 0 spiro atoms. The third kappa shape index (κ3) is 3.81. The summed E-state index contributed by atoms with van der Waals surface area (Å²) in [5.74, 6) is -0.0892. The van der Waals surface area contributed by atoms with Crippen molar-refractivity contribution in [2.75, 3.05) is 12.3 Å². The van der Waals surface area contributed by atoms with Crippen LogP contribution in [-0.4, -0.2) is 17.4 Å². The Bertz CT molecular complexity index is 494. The van der Waals surface area contributed by atoms with E-state index in [2.05, 4.69) is 16.4 Å². The van der Waals surface area contributed by atoms with Gasteiger partial charge >= 0.3 is 0 Å². The number of rotatable bonds is 4. The van der Waals surface area contributed by atoms with Crippen LogP contribution < -0.4 is 11.1 Å². The van der Waals surface area contributed by atoms with Crippen LogP contribution in [-0.2, 0) is 0 Å². The van der Waals surface area contributed by atoms with E-state index in [4.69, 9.17) is 5.73 Å². The number of nitrogens with two attached hydrogens (primary N) is 1. The molecule has 1 amide bonds. The van der Waals surface area contributed by atoms with E-state index < -0.39 is 0 Å². The number of hydrogen-bond acceptors (Lipinski definition) is 3. The molecule has 0 radical (unpaired) electrons. The van der Waals surface area contributed by atoms with Gasteiger partial charge in [0.2, 0.25) is 0 Å². The van der Waals surface area contributed by atoms with E-state index in [-0.39, 0.29) is 5.91 Å². The molecule has 1 aliphatic carbocycles. The van der Waals surface area contributed by atoms with Crippen LogP contribution in [0, 0.1) is 6.92 Å². The van der Waals surface area contributed by atoms with Crippen molar-refractivity contribution in [2.45, 2.75) is 39.0 Å². The Morgan fingerprint density at radius 3 is 3.05 bits per heavy atom. The van der Waals surface area contributed by atoms with Gasteiger partial charge in [-0.3, -0.25) is 9.78 Å². The summed E-state index contributed by atoms with van der Waals surface area (Å²) in [6, 6.07) is 1.68. The zero-order valence-electron chi connectivity index (χ0n) is 11.4. The molecule has 0 atom stereocenters. The molecule has 4 heteroatoms. The number of amides is 1. The fourth-order valence-electron chi connectivity index (χ4n) is 2.34. The van der Waals surface area contributed by atoms with Gasteiger partial charge in [0.25, 0.3) is 5.91 Å². The summed E-state index contributed by atoms with van der Waals surface area (Å²) in [4.78, 5) is 16.1. The monoisotopic (exact) mass is 259 g/mol. The fraction of sp³-hybridized carbons (Fsp3) is 0.467. The highest BCUT2D eigenvalue weighted by Gasteiger charge is 2.10. The lowest BCUT2D eigenvalue weighted by atomic mass is 9.97. The van der Waals surface area contributed by atoms with E-state index >= 15 is 0 Å². The van der Waals surface area contributed by atoms with Crippen LogP contribution in [0.1, 0.15) is 48.2 Å². The van der Waals surface area contributed by atoms with Crippen molar-refractivity contribution in [1.29, 1.82) is 0 Å². The number of nitrogen functional groups attached to an aromatic ring is 1. The Balaban J connectivity index is 1.87. The number of aryl methyl sites for hydroxylation is 1. The predicted molar refractivity (Wildman–Crippen MR) is 76.9 cm³/mol. The summed E-state index contributed by atoms with van der Waals surface area (Å²) < 4.78 is 0. The van der Waals surface area contributed by atoms with Crippen LogP contribution >= 0.6 is 0 Å². The average molecular weight is 259 g/mol. The lowest BCUT2D eigenvalue weighted by Crippen LogP contribution is -2.26. The molecule has 0 bridgehead atoms. The molecule has 0 aliphatic heterocycles. The van der Waals surface area contributed by atoms with Gasteiger partial charge in [0.1, 0.15) is 0 Å². The third-order valence-electron chi connectivity index (χ3n) is 3.47. The molecule has 1 aromatic rings. The van der Waals surface area contributed by atoms with Gasteiger partial charge in [0.15, 0.2) is 0 Å². The first kappa shape index (κ1) is 13.6. The molecule has 1 aliphatic rings. The Morgan fingerprint density at radius 2 is 2.32 bits per heavy atom. The van der Waals surface area contributed by atoms with Gasteiger partial charge in [0, 0.05) is 6.54 Å². The maximum atomic E-state index is 12.0. The van der Waals surface area contributed by atoms with Crippen LogP contribution in [0.2, 0.25) is 0 Å². The molecule has 0 saturated heterocycles. The van der Waals surface area contributed by atoms with Crippen molar-refractivity contribution in [3.63, 3.8) is 0 Å². The molecule has 102 valence electrons. The SMILES string of the molecule is Cc1ncc(N)cc1C(=O)NCCC1=CCCCC1. The molecule has 19 heavy (non-hydrogen) atoms. The van der Waals surface area contributed by atoms with Gasteiger partial charge < -0.3 is 11.1 Å². The largest absolute Gasteiger partial charge is 0.397 e. The van der Waals surface area contributed by atoms with Crippen LogP contribution in [0.15, 0.2) is 23.9 Å². The number of nitrogens with zero attached hydrogens (tertiary/aromatic N) is 1. The van der Waals surface area contributed by atoms with Crippen LogP contribution in [0.4, 0.5) is 5.69 Å². The van der Waals surface area contributed by atoms with Gasteiger partial charge in [-0.2, -0.15) is 0 Å². The number of carbonyl (C=O) groups is 1. The second kappa shape index (κ2) is 6.36. The number of nitrogens with one attached hydrogen (secondary N) is 1. The molecule has 1 heterocycles. The fourth-order valence-corrected chi connectivity index (χ4v) is 2.34. The number of aromatic nitrogens is 1. The summed E-state index contributed by atoms with van der Waals surface area (Å²) in [6.45, 7) is 2.50. The molecule has 0 aromatic carbocycles. The molecular formula is C15H21N3O. The Morgan fingerprint density at radius 1 is 1.47 bits per heavy atom. The number of allylic oxidation sites excluding steroid dienone is 1. The van der Waals surface area contributed by atoms with E-state index in [9.17, 15) is 4.79 Å². The lowest BCUT2D eigenvalue weighted by Gasteiger charge is -2.13. The average Bonchev–Trinajstić information content (AvgIpc) is 2.42. The first-order valence-corrected chi connectivity index (χ1v) is 6.85. The Hall–Kier alpha value is -1.84. The van der Waals surface area contributed by atoms with Crippen molar-refractivity contribution >= 4 is 11.6 Å². The highest BCUT2D eigenvalue weighted by atomic mass is 16.1. The van der Waals surface area contributed by atoms with Crippen molar-refractivity contribution in [3.05, 3.63) is 35.2 Å². The summed E-state index contributed by atoms with van der Waals surface area (Å²) >= 11 is 0. The van der Waals surface area contributed by atoms with Gasteiger partial charge in [0.05, 0.1) is 23.1 Å². The normalized spacial score (nSPS) is 14.9. The predicted octanol–water partition coefficient (Wildman–Crippen LogP) is 2.59. The zero-order chi connectivity index (χ0) is 13.7. The quantitative estimate of drug-likeness (QED) is 0.817. The van der Waals surface area contributed by atoms with E-state index in [1.165, 1.54) is 31.3 Å². The second-order valence-electron chi connectivity index (χ2n) is 5.02. The summed E-state index contributed by atoms with van der Waals surface area (Å²) in [5, 5.41) is 2.94. The van der Waals surface area contributed by atoms with Crippen molar-refractivity contribution in [1.82, 2.24) is 10.3 Å². The van der Waals surface area contributed by atoms with Crippen LogP contribution in [0.3, 0.4) is 0 Å². The zero-order valence-corrected chi connectivity index (χ0v) is 11.4. The molecule has 0 saturated carbocycles. The minimum Gasteiger partial charge on any atom is -0.397 e. The van der Waals surface area contributed by atoms with E-state index in [0.29, 0.717) is 23.5 Å². The number of pyridine rings is 1. The first-order valence-electron chi connectivity index (χ1n) is 6.85. The molecule has 4 nitrogen and oxygen atoms in total. The molecule has 1 aromatic heterocycles. The highest BCUT2D eigenvalue weighted by molar-refractivity contribution is 5.95. The number of anilines is 1. The van der Waals surface area contributed by atoms with Crippen LogP contribution in [0.25, 0.3) is 0 Å². The molecule has 0 unspecified atom stereocenters. The van der Waals surface area contributed by atoms with E-state index in [1.807, 2.05) is 6.92 Å². The molecule has 3 N–H and O–H groups in total. The van der Waals surface area contributed by atoms with Gasteiger partial charge in [-0.15, -0.1) is 0 Å². The maximum Gasteiger partial charge on any atom is 0.253 e. The smallest absolute Gasteiger partial charge is 0.253 e. The highest BCUT2D eigenvalue weighted by Crippen LogP contribution is 2.19. The van der Waals surface area contributed by atoms with Gasteiger partial charge in [-0.25, -0.2) is 0 Å². The van der Waals surface area contributed by atoms with Crippen LogP contribution in [0.5, 0.6) is 0 Å². The maximum absolute atomic E-state index is 12.0. The molecular weight excluding hydrogens is 238 g/mol. The summed E-state index contributed by atoms with van der Waals surface area (Å²) in [5.41, 5.74) is 8.92. The number of hydrogen-bond donors (Lipinski definition) is 2. The lowest BCUT2D eigenvalue weighted by molar-refractivity contribution is 0.0953. The molecule has 0 fully saturated rings. The minimum absolute atomic E-state index is 0.0892.